The van der Waals surface area contributed by atoms with Gasteiger partial charge in [-0.1, -0.05) is 90.7 Å². The summed E-state index contributed by atoms with van der Waals surface area (Å²) in [5, 5.41) is 3.70. The predicted octanol–water partition coefficient (Wildman–Crippen LogP) is 6.20. The summed E-state index contributed by atoms with van der Waals surface area (Å²) in [5.41, 5.74) is 4.13. The molecule has 1 saturated carbocycles. The maximum atomic E-state index is 14.1. The van der Waals surface area contributed by atoms with E-state index in [-0.39, 0.29) is 43.8 Å². The van der Waals surface area contributed by atoms with Crippen LogP contribution in [0.25, 0.3) is 0 Å². The van der Waals surface area contributed by atoms with Crippen LogP contribution < -0.4 is 9.62 Å². The standard InChI is InChI=1S/C34H42ClN3O4S/c1-25-12-9-15-28(22-25)24-37(32(23-27-13-5-4-6-14-27)34(40)36-29-16-7-8-17-29)33(39)20-11-21-38(43(3,41)42)31-19-10-18-30(35)26(31)2/h4-6,9-10,12-15,18-19,22,29,32H,7-8,11,16-17,20-21,23-24H2,1-3H3,(H,36,40)/t32-/m1/s1. The average Bonchev–Trinajstić information content (AvgIpc) is 3.47. The summed E-state index contributed by atoms with van der Waals surface area (Å²) in [6.07, 6.45) is 5.96. The summed E-state index contributed by atoms with van der Waals surface area (Å²) in [6, 6.07) is 22.3. The van der Waals surface area contributed by atoms with E-state index in [1.165, 1.54) is 4.31 Å². The van der Waals surface area contributed by atoms with Crippen LogP contribution in [0.3, 0.4) is 0 Å². The van der Waals surface area contributed by atoms with Gasteiger partial charge in [0.2, 0.25) is 21.8 Å². The minimum absolute atomic E-state index is 0.0828. The molecule has 0 radical (unpaired) electrons. The number of sulfonamides is 1. The fourth-order valence-electron chi connectivity index (χ4n) is 5.78. The van der Waals surface area contributed by atoms with Gasteiger partial charge in [0.1, 0.15) is 6.04 Å². The monoisotopic (exact) mass is 623 g/mol. The van der Waals surface area contributed by atoms with Crippen LogP contribution in [0, 0.1) is 13.8 Å². The van der Waals surface area contributed by atoms with Gasteiger partial charge in [0.15, 0.2) is 0 Å². The molecule has 0 spiro atoms. The van der Waals surface area contributed by atoms with Gasteiger partial charge in [-0.05, 0) is 61.9 Å². The smallest absolute Gasteiger partial charge is 0.243 e. The highest BCUT2D eigenvalue weighted by Gasteiger charge is 2.32. The Hall–Kier alpha value is -3.36. The van der Waals surface area contributed by atoms with E-state index in [0.717, 1.165) is 48.6 Å². The summed E-state index contributed by atoms with van der Waals surface area (Å²) >= 11 is 6.29. The van der Waals surface area contributed by atoms with Crippen molar-refractivity contribution in [3.8, 4) is 0 Å². The van der Waals surface area contributed by atoms with E-state index in [0.29, 0.717) is 22.7 Å². The van der Waals surface area contributed by atoms with Gasteiger partial charge in [0, 0.05) is 37.0 Å². The number of benzene rings is 3. The maximum Gasteiger partial charge on any atom is 0.243 e. The van der Waals surface area contributed by atoms with Crippen molar-refractivity contribution in [1.29, 1.82) is 0 Å². The predicted molar refractivity (Wildman–Crippen MR) is 174 cm³/mol. The molecule has 0 unspecified atom stereocenters. The van der Waals surface area contributed by atoms with Gasteiger partial charge < -0.3 is 10.2 Å². The maximum absolute atomic E-state index is 14.1. The highest BCUT2D eigenvalue weighted by molar-refractivity contribution is 7.92. The molecule has 0 bridgehead atoms. The van der Waals surface area contributed by atoms with Crippen LogP contribution in [0.15, 0.2) is 72.8 Å². The van der Waals surface area contributed by atoms with Crippen LogP contribution in [-0.4, -0.2) is 50.0 Å². The largest absolute Gasteiger partial charge is 0.352 e. The van der Waals surface area contributed by atoms with Crippen molar-refractivity contribution in [1.82, 2.24) is 10.2 Å². The molecule has 0 aromatic heterocycles. The lowest BCUT2D eigenvalue weighted by atomic mass is 10.0. The zero-order valence-corrected chi connectivity index (χ0v) is 26.8. The zero-order valence-electron chi connectivity index (χ0n) is 25.3. The van der Waals surface area contributed by atoms with Gasteiger partial charge in [0.05, 0.1) is 11.9 Å². The Balaban J connectivity index is 1.60. The number of anilines is 1. The third-order valence-electron chi connectivity index (χ3n) is 8.07. The second-order valence-corrected chi connectivity index (χ2v) is 13.8. The minimum Gasteiger partial charge on any atom is -0.352 e. The first-order valence-electron chi connectivity index (χ1n) is 14.9. The lowest BCUT2D eigenvalue weighted by Gasteiger charge is -2.33. The molecule has 0 saturated heterocycles. The van der Waals surface area contributed by atoms with E-state index in [4.69, 9.17) is 11.6 Å². The van der Waals surface area contributed by atoms with E-state index in [1.54, 1.807) is 30.0 Å². The van der Waals surface area contributed by atoms with Crippen molar-refractivity contribution in [3.63, 3.8) is 0 Å². The molecule has 0 aliphatic heterocycles. The molecular weight excluding hydrogens is 582 g/mol. The number of halogens is 1. The molecule has 43 heavy (non-hydrogen) atoms. The summed E-state index contributed by atoms with van der Waals surface area (Å²) in [6.45, 7) is 4.17. The highest BCUT2D eigenvalue weighted by atomic mass is 35.5. The Morgan fingerprint density at radius 3 is 2.30 bits per heavy atom. The van der Waals surface area contributed by atoms with Crippen LogP contribution in [0.4, 0.5) is 5.69 Å². The minimum atomic E-state index is -3.63. The first-order chi connectivity index (χ1) is 20.5. The highest BCUT2D eigenvalue weighted by Crippen LogP contribution is 2.29. The van der Waals surface area contributed by atoms with Gasteiger partial charge in [-0.3, -0.25) is 13.9 Å². The van der Waals surface area contributed by atoms with E-state index >= 15 is 0 Å². The molecule has 230 valence electrons. The number of hydrogen-bond donors (Lipinski definition) is 1. The number of aryl methyl sites for hydroxylation is 1. The average molecular weight is 624 g/mol. The van der Waals surface area contributed by atoms with E-state index < -0.39 is 16.1 Å². The molecule has 3 aromatic rings. The number of hydrogen-bond acceptors (Lipinski definition) is 4. The Kier molecular flexibility index (Phi) is 11.3. The summed E-state index contributed by atoms with van der Waals surface area (Å²) in [5.74, 6) is -0.343. The van der Waals surface area contributed by atoms with Crippen molar-refractivity contribution in [2.24, 2.45) is 0 Å². The molecule has 1 atom stereocenters. The van der Waals surface area contributed by atoms with Crippen LogP contribution >= 0.6 is 11.6 Å². The number of nitrogens with one attached hydrogen (secondary N) is 1. The van der Waals surface area contributed by atoms with E-state index in [9.17, 15) is 18.0 Å². The van der Waals surface area contributed by atoms with Gasteiger partial charge in [-0.15, -0.1) is 0 Å². The number of amides is 2. The van der Waals surface area contributed by atoms with Gasteiger partial charge in [-0.2, -0.15) is 0 Å². The number of carbonyl (C=O) groups excluding carboxylic acids is 2. The van der Waals surface area contributed by atoms with Crippen LogP contribution in [0.1, 0.15) is 60.8 Å². The van der Waals surface area contributed by atoms with E-state index in [2.05, 4.69) is 5.32 Å². The molecule has 3 aromatic carbocycles. The van der Waals surface area contributed by atoms with Crippen molar-refractivity contribution < 1.29 is 18.0 Å². The molecule has 1 aliphatic rings. The lowest BCUT2D eigenvalue weighted by Crippen LogP contribution is -2.52. The fraction of sp³-hybridized carbons (Fsp3) is 0.412. The van der Waals surface area contributed by atoms with Crippen molar-refractivity contribution in [2.45, 2.75) is 77.4 Å². The molecule has 1 N–H and O–H groups in total. The quantitative estimate of drug-likeness (QED) is 0.246. The molecule has 1 aliphatic carbocycles. The molecule has 1 fully saturated rings. The third kappa shape index (κ3) is 9.07. The second-order valence-electron chi connectivity index (χ2n) is 11.5. The first-order valence-corrected chi connectivity index (χ1v) is 17.2. The van der Waals surface area contributed by atoms with Crippen LogP contribution in [-0.2, 0) is 32.6 Å². The number of rotatable bonds is 13. The number of nitrogens with zero attached hydrogens (tertiary/aromatic N) is 2. The lowest BCUT2D eigenvalue weighted by molar-refractivity contribution is -0.141. The van der Waals surface area contributed by atoms with Gasteiger partial charge in [0.25, 0.3) is 0 Å². The number of carbonyl (C=O) groups is 2. The molecule has 9 heteroatoms. The van der Waals surface area contributed by atoms with E-state index in [1.807, 2.05) is 61.5 Å². The first kappa shape index (κ1) is 32.6. The van der Waals surface area contributed by atoms with Crippen molar-refractivity contribution in [2.75, 3.05) is 17.1 Å². The van der Waals surface area contributed by atoms with Crippen LogP contribution in [0.5, 0.6) is 0 Å². The topological polar surface area (TPSA) is 86.8 Å². The SMILES string of the molecule is Cc1cccc(CN(C(=O)CCCN(c2cccc(Cl)c2C)S(C)(=O)=O)[C@H](Cc2ccccc2)C(=O)NC2CCCC2)c1. The Morgan fingerprint density at radius 2 is 1.63 bits per heavy atom. The molecule has 4 rings (SSSR count). The Morgan fingerprint density at radius 1 is 0.953 bits per heavy atom. The zero-order chi connectivity index (χ0) is 31.0. The molecular formula is C34H42ClN3O4S. The van der Waals surface area contributed by atoms with Crippen molar-refractivity contribution >= 4 is 39.1 Å². The van der Waals surface area contributed by atoms with Gasteiger partial charge in [-0.25, -0.2) is 8.42 Å². The second kappa shape index (κ2) is 14.9. The molecule has 7 nitrogen and oxygen atoms in total. The summed E-state index contributed by atoms with van der Waals surface area (Å²) < 4.78 is 26.9. The molecule has 0 heterocycles. The van der Waals surface area contributed by atoms with Crippen LogP contribution in [0.2, 0.25) is 5.02 Å². The van der Waals surface area contributed by atoms with Crippen molar-refractivity contribution in [3.05, 3.63) is 100 Å². The molecule has 2 amide bonds. The Bertz CT molecular complexity index is 1510. The third-order valence-corrected chi connectivity index (χ3v) is 9.66. The Labute approximate surface area is 261 Å². The summed E-state index contributed by atoms with van der Waals surface area (Å²) in [4.78, 5) is 29.6. The summed E-state index contributed by atoms with van der Waals surface area (Å²) in [7, 11) is -3.63. The fourth-order valence-corrected chi connectivity index (χ4v) is 6.96. The van der Waals surface area contributed by atoms with Gasteiger partial charge >= 0.3 is 0 Å². The normalized spacial score (nSPS) is 14.3.